The molecule has 0 saturated heterocycles. The molecular weight excluding hydrogens is 156 g/mol. The smallest absolute Gasteiger partial charge is 0.313 e. The van der Waals surface area contributed by atoms with E-state index in [9.17, 15) is 9.59 Å². The van der Waals surface area contributed by atoms with Crippen LogP contribution in [0.1, 0.15) is 12.8 Å². The Morgan fingerprint density at radius 1 is 1.50 bits per heavy atom. The molecule has 0 aromatic heterocycles. The number of ketones is 1. The van der Waals surface area contributed by atoms with Crippen molar-refractivity contribution >= 4 is 23.4 Å². The van der Waals surface area contributed by atoms with Gasteiger partial charge in [-0.25, -0.2) is 0 Å². The van der Waals surface area contributed by atoms with Crippen LogP contribution in [-0.4, -0.2) is 24.7 Å². The zero-order valence-corrected chi connectivity index (χ0v) is 6.48. The van der Waals surface area contributed by atoms with Gasteiger partial charge < -0.3 is 4.74 Å². The average molecular weight is 165 g/mol. The fourth-order valence-corrected chi connectivity index (χ4v) is 0.638. The Labute approximate surface area is 64.3 Å². The van der Waals surface area contributed by atoms with Gasteiger partial charge in [-0.2, -0.15) is 0 Å². The highest BCUT2D eigenvalue weighted by Crippen LogP contribution is 1.93. The van der Waals surface area contributed by atoms with Gasteiger partial charge >= 0.3 is 5.97 Å². The Morgan fingerprint density at radius 3 is 2.50 bits per heavy atom. The van der Waals surface area contributed by atoms with Gasteiger partial charge in [-0.1, -0.05) is 0 Å². The van der Waals surface area contributed by atoms with Crippen molar-refractivity contribution < 1.29 is 14.3 Å². The number of carbonyl (C=O) groups is 2. The summed E-state index contributed by atoms with van der Waals surface area (Å²) in [5.74, 6) is -0.424. The number of halogens is 1. The number of esters is 1. The lowest BCUT2D eigenvalue weighted by Crippen LogP contribution is -2.09. The Kier molecular flexibility index (Phi) is 4.94. The van der Waals surface area contributed by atoms with Crippen LogP contribution in [0.15, 0.2) is 0 Å². The van der Waals surface area contributed by atoms with E-state index in [4.69, 9.17) is 11.6 Å². The Morgan fingerprint density at radius 2 is 2.10 bits per heavy atom. The fourth-order valence-electron chi connectivity index (χ4n) is 0.427. The van der Waals surface area contributed by atoms with E-state index in [0.717, 1.165) is 0 Å². The highest BCUT2D eigenvalue weighted by molar-refractivity contribution is 6.19. The summed E-state index contributed by atoms with van der Waals surface area (Å²) in [6.45, 7) is 0. The van der Waals surface area contributed by atoms with Gasteiger partial charge in [0, 0.05) is 12.3 Å². The predicted octanol–water partition coefficient (Wildman–Crippen LogP) is 0.748. The minimum absolute atomic E-state index is 0.163. The summed E-state index contributed by atoms with van der Waals surface area (Å²) in [6, 6.07) is 0. The minimum Gasteiger partial charge on any atom is -0.469 e. The Bertz CT molecular complexity index is 133. The molecule has 0 saturated carbocycles. The summed E-state index contributed by atoms with van der Waals surface area (Å²) in [5.41, 5.74) is 0. The molecule has 0 amide bonds. The summed E-state index contributed by atoms with van der Waals surface area (Å²) in [5, 5.41) is 0. The number of methoxy groups -OCH3 is 1. The molecule has 0 N–H and O–H groups in total. The van der Waals surface area contributed by atoms with Crippen molar-refractivity contribution in [1.82, 2.24) is 0 Å². The molecular formula is C6H9ClO3. The number of hydrogen-bond donors (Lipinski definition) is 0. The number of hydrogen-bond acceptors (Lipinski definition) is 3. The molecule has 0 unspecified atom stereocenters. The maximum absolute atomic E-state index is 10.6. The van der Waals surface area contributed by atoms with Gasteiger partial charge in [0.25, 0.3) is 0 Å². The fraction of sp³-hybridized carbons (Fsp3) is 0.667. The van der Waals surface area contributed by atoms with Crippen LogP contribution in [0.2, 0.25) is 0 Å². The lowest BCUT2D eigenvalue weighted by atomic mass is 10.2. The first-order valence-corrected chi connectivity index (χ1v) is 3.38. The van der Waals surface area contributed by atoms with Crippen molar-refractivity contribution in [2.45, 2.75) is 12.8 Å². The van der Waals surface area contributed by atoms with Crippen molar-refractivity contribution in [3.8, 4) is 0 Å². The topological polar surface area (TPSA) is 43.4 Å². The van der Waals surface area contributed by atoms with E-state index in [2.05, 4.69) is 4.74 Å². The third-order valence-electron chi connectivity index (χ3n) is 0.943. The summed E-state index contributed by atoms with van der Waals surface area (Å²) in [4.78, 5) is 21.0. The molecule has 0 spiro atoms. The minimum atomic E-state index is -0.505. The van der Waals surface area contributed by atoms with Crippen LogP contribution in [0.5, 0.6) is 0 Å². The van der Waals surface area contributed by atoms with Gasteiger partial charge in [0.1, 0.15) is 12.2 Å². The van der Waals surface area contributed by atoms with Crippen molar-refractivity contribution in [1.29, 1.82) is 0 Å². The first kappa shape index (κ1) is 9.43. The maximum Gasteiger partial charge on any atom is 0.313 e. The van der Waals surface area contributed by atoms with E-state index >= 15 is 0 Å². The molecule has 0 bridgehead atoms. The zero-order chi connectivity index (χ0) is 7.98. The summed E-state index contributed by atoms with van der Waals surface area (Å²) in [6.07, 6.45) is 0.0693. The third-order valence-corrected chi connectivity index (χ3v) is 1.13. The predicted molar refractivity (Wildman–Crippen MR) is 37.0 cm³/mol. The van der Waals surface area contributed by atoms with Crippen molar-refractivity contribution in [2.24, 2.45) is 0 Å². The van der Waals surface area contributed by atoms with E-state index in [-0.39, 0.29) is 24.5 Å². The molecule has 0 fully saturated rings. The van der Waals surface area contributed by atoms with Gasteiger partial charge in [0.2, 0.25) is 0 Å². The molecule has 0 aromatic rings. The van der Waals surface area contributed by atoms with Gasteiger partial charge in [-0.05, 0) is 0 Å². The first-order valence-electron chi connectivity index (χ1n) is 2.85. The first-order chi connectivity index (χ1) is 4.70. The van der Waals surface area contributed by atoms with Crippen molar-refractivity contribution in [3.63, 3.8) is 0 Å². The largest absolute Gasteiger partial charge is 0.469 e. The lowest BCUT2D eigenvalue weighted by molar-refractivity contribution is -0.143. The molecule has 4 heteroatoms. The molecule has 10 heavy (non-hydrogen) atoms. The second kappa shape index (κ2) is 5.23. The van der Waals surface area contributed by atoms with Crippen LogP contribution >= 0.6 is 11.6 Å². The van der Waals surface area contributed by atoms with E-state index in [1.54, 1.807) is 0 Å². The number of rotatable bonds is 4. The molecule has 0 rings (SSSR count). The number of carbonyl (C=O) groups excluding carboxylic acids is 2. The molecule has 0 atom stereocenters. The molecule has 0 aliphatic heterocycles. The molecule has 3 nitrogen and oxygen atoms in total. The second-order valence-corrected chi connectivity index (χ2v) is 2.11. The highest BCUT2D eigenvalue weighted by Gasteiger charge is 2.07. The number of alkyl halides is 1. The number of ether oxygens (including phenoxy) is 1. The van der Waals surface area contributed by atoms with Gasteiger partial charge in [0.05, 0.1) is 7.11 Å². The standard InChI is InChI=1S/C6H9ClO3/c1-10-6(9)4-5(8)2-3-7/h2-4H2,1H3. The number of Topliss-reactive ketones (excluding diaryl/α,β-unsaturated/α-hetero) is 1. The summed E-state index contributed by atoms with van der Waals surface area (Å²) >= 11 is 5.25. The average Bonchev–Trinajstić information content (AvgIpc) is 1.88. The van der Waals surface area contributed by atoms with Crippen LogP contribution in [0.4, 0.5) is 0 Å². The van der Waals surface area contributed by atoms with Gasteiger partial charge in [-0.15, -0.1) is 11.6 Å². The van der Waals surface area contributed by atoms with E-state index in [1.807, 2.05) is 0 Å². The lowest BCUT2D eigenvalue weighted by Gasteiger charge is -1.95. The monoisotopic (exact) mass is 164 g/mol. The maximum atomic E-state index is 10.6. The summed E-state index contributed by atoms with van der Waals surface area (Å²) in [7, 11) is 1.25. The van der Waals surface area contributed by atoms with Crippen LogP contribution < -0.4 is 0 Å². The third kappa shape index (κ3) is 4.32. The van der Waals surface area contributed by atoms with Crippen molar-refractivity contribution in [3.05, 3.63) is 0 Å². The van der Waals surface area contributed by atoms with Gasteiger partial charge in [0.15, 0.2) is 0 Å². The van der Waals surface area contributed by atoms with E-state index < -0.39 is 5.97 Å². The Hall–Kier alpha value is -0.570. The van der Waals surface area contributed by atoms with E-state index in [0.29, 0.717) is 0 Å². The zero-order valence-electron chi connectivity index (χ0n) is 5.72. The molecule has 0 aliphatic rings. The Balaban J connectivity index is 3.47. The van der Waals surface area contributed by atoms with Crippen LogP contribution in [0.3, 0.4) is 0 Å². The van der Waals surface area contributed by atoms with Crippen LogP contribution in [-0.2, 0) is 14.3 Å². The van der Waals surface area contributed by atoms with Crippen LogP contribution in [0, 0.1) is 0 Å². The summed E-state index contributed by atoms with van der Waals surface area (Å²) < 4.78 is 4.26. The molecule has 0 radical (unpaired) electrons. The highest BCUT2D eigenvalue weighted by atomic mass is 35.5. The van der Waals surface area contributed by atoms with E-state index in [1.165, 1.54) is 7.11 Å². The normalized spacial score (nSPS) is 9.00. The second-order valence-electron chi connectivity index (χ2n) is 1.73. The molecule has 0 aromatic carbocycles. The molecule has 0 heterocycles. The van der Waals surface area contributed by atoms with Crippen LogP contribution in [0.25, 0.3) is 0 Å². The van der Waals surface area contributed by atoms with Crippen molar-refractivity contribution in [2.75, 3.05) is 13.0 Å². The SMILES string of the molecule is COC(=O)CC(=O)CCCl. The molecule has 0 aliphatic carbocycles. The quantitative estimate of drug-likeness (QED) is 0.350. The van der Waals surface area contributed by atoms with Gasteiger partial charge in [-0.3, -0.25) is 9.59 Å². The molecule has 58 valence electrons.